The summed E-state index contributed by atoms with van der Waals surface area (Å²) in [6.07, 6.45) is 7.40. The van der Waals surface area contributed by atoms with Gasteiger partial charge in [-0.25, -0.2) is 4.98 Å². The van der Waals surface area contributed by atoms with Crippen LogP contribution in [0.4, 0.5) is 0 Å². The fourth-order valence-corrected chi connectivity index (χ4v) is 4.12. The fraction of sp³-hybridized carbons (Fsp3) is 0.812. The summed E-state index contributed by atoms with van der Waals surface area (Å²) in [6, 6.07) is 0. The average molecular weight is 294 g/mol. The number of rotatable bonds is 6. The molecule has 1 aromatic rings. The third-order valence-corrected chi connectivity index (χ3v) is 5.64. The number of hydrogen-bond acceptors (Lipinski definition) is 4. The molecular formula is C16H26N2OS. The summed E-state index contributed by atoms with van der Waals surface area (Å²) in [5.74, 6) is 0.727. The maximum Gasteiger partial charge on any atom is 0.125 e. The normalized spacial score (nSPS) is 26.9. The van der Waals surface area contributed by atoms with Gasteiger partial charge in [0.15, 0.2) is 0 Å². The predicted molar refractivity (Wildman–Crippen MR) is 83.2 cm³/mol. The van der Waals surface area contributed by atoms with Crippen LogP contribution in [0, 0.1) is 0 Å². The van der Waals surface area contributed by atoms with Crippen LogP contribution in [-0.2, 0) is 16.9 Å². The maximum atomic E-state index is 6.07. The highest BCUT2D eigenvalue weighted by molar-refractivity contribution is 7.11. The Morgan fingerprint density at radius 3 is 2.90 bits per heavy atom. The monoisotopic (exact) mass is 294 g/mol. The Balaban J connectivity index is 1.79. The van der Waals surface area contributed by atoms with Crippen molar-refractivity contribution in [3.05, 3.63) is 15.6 Å². The molecule has 2 aliphatic rings. The Bertz CT molecular complexity index is 447. The summed E-state index contributed by atoms with van der Waals surface area (Å²) in [7, 11) is 0. The first-order valence-electron chi connectivity index (χ1n) is 8.07. The molecule has 1 saturated carbocycles. The zero-order chi connectivity index (χ0) is 14.0. The molecule has 0 radical (unpaired) electrons. The van der Waals surface area contributed by atoms with Crippen molar-refractivity contribution in [1.29, 1.82) is 0 Å². The van der Waals surface area contributed by atoms with E-state index in [1.54, 1.807) is 0 Å². The molecule has 1 atom stereocenters. The molecule has 0 spiro atoms. The number of thiazole rings is 1. The SMILES string of the molecule is CCCNCc1sc(C2(C)CCCCO2)nc1C1CC1. The van der Waals surface area contributed by atoms with E-state index in [0.29, 0.717) is 0 Å². The van der Waals surface area contributed by atoms with Crippen molar-refractivity contribution >= 4 is 11.3 Å². The van der Waals surface area contributed by atoms with E-state index >= 15 is 0 Å². The zero-order valence-electron chi connectivity index (χ0n) is 12.7. The molecule has 1 aromatic heterocycles. The molecule has 1 aliphatic heterocycles. The molecule has 1 aliphatic carbocycles. The van der Waals surface area contributed by atoms with Crippen LogP contribution < -0.4 is 5.32 Å². The molecule has 0 bridgehead atoms. The van der Waals surface area contributed by atoms with Crippen molar-refractivity contribution in [2.24, 2.45) is 0 Å². The first-order chi connectivity index (χ1) is 9.73. The molecule has 2 fully saturated rings. The quantitative estimate of drug-likeness (QED) is 0.807. The molecule has 1 saturated heterocycles. The summed E-state index contributed by atoms with van der Waals surface area (Å²) in [5, 5.41) is 4.75. The van der Waals surface area contributed by atoms with Crippen LogP contribution in [0.3, 0.4) is 0 Å². The smallest absolute Gasteiger partial charge is 0.125 e. The molecule has 112 valence electrons. The van der Waals surface area contributed by atoms with Gasteiger partial charge in [-0.2, -0.15) is 0 Å². The minimum absolute atomic E-state index is 0.129. The summed E-state index contributed by atoms with van der Waals surface area (Å²) in [6.45, 7) is 7.39. The van der Waals surface area contributed by atoms with Crippen molar-refractivity contribution in [3.8, 4) is 0 Å². The Hall–Kier alpha value is -0.450. The molecule has 1 unspecified atom stereocenters. The second-order valence-electron chi connectivity index (χ2n) is 6.31. The van der Waals surface area contributed by atoms with Crippen LogP contribution in [0.15, 0.2) is 0 Å². The number of hydrogen-bond donors (Lipinski definition) is 1. The minimum atomic E-state index is -0.129. The van der Waals surface area contributed by atoms with Crippen LogP contribution >= 0.6 is 11.3 Å². The van der Waals surface area contributed by atoms with Crippen molar-refractivity contribution in [3.63, 3.8) is 0 Å². The third-order valence-electron chi connectivity index (χ3n) is 4.33. The van der Waals surface area contributed by atoms with Gasteiger partial charge in [0.05, 0.1) is 5.69 Å². The van der Waals surface area contributed by atoms with Gasteiger partial charge in [0.2, 0.25) is 0 Å². The highest BCUT2D eigenvalue weighted by Gasteiger charge is 2.37. The topological polar surface area (TPSA) is 34.1 Å². The van der Waals surface area contributed by atoms with Gasteiger partial charge in [-0.15, -0.1) is 11.3 Å². The lowest BCUT2D eigenvalue weighted by Crippen LogP contribution is -2.30. The van der Waals surface area contributed by atoms with Gasteiger partial charge in [0.1, 0.15) is 10.6 Å². The highest BCUT2D eigenvalue weighted by atomic mass is 32.1. The van der Waals surface area contributed by atoms with Gasteiger partial charge in [0.25, 0.3) is 0 Å². The minimum Gasteiger partial charge on any atom is -0.368 e. The first kappa shape index (κ1) is 14.5. The van der Waals surface area contributed by atoms with E-state index in [2.05, 4.69) is 19.2 Å². The van der Waals surface area contributed by atoms with Crippen LogP contribution in [0.1, 0.15) is 73.9 Å². The molecule has 4 heteroatoms. The summed E-state index contributed by atoms with van der Waals surface area (Å²) in [4.78, 5) is 6.45. The average Bonchev–Trinajstić information content (AvgIpc) is 3.20. The lowest BCUT2D eigenvalue weighted by Gasteiger charge is -2.31. The van der Waals surface area contributed by atoms with E-state index in [1.807, 2.05) is 11.3 Å². The van der Waals surface area contributed by atoms with E-state index < -0.39 is 0 Å². The Labute approximate surface area is 126 Å². The second-order valence-corrected chi connectivity index (χ2v) is 7.40. The molecule has 1 N–H and O–H groups in total. The van der Waals surface area contributed by atoms with Gasteiger partial charge in [0, 0.05) is 23.9 Å². The van der Waals surface area contributed by atoms with E-state index in [-0.39, 0.29) is 5.60 Å². The predicted octanol–water partition coefficient (Wildman–Crippen LogP) is 3.94. The molecule has 3 rings (SSSR count). The van der Waals surface area contributed by atoms with Crippen molar-refractivity contribution < 1.29 is 4.74 Å². The molecule has 0 aromatic carbocycles. The number of nitrogens with zero attached hydrogens (tertiary/aromatic N) is 1. The van der Waals surface area contributed by atoms with Crippen molar-refractivity contribution in [2.75, 3.05) is 13.2 Å². The summed E-state index contributed by atoms with van der Waals surface area (Å²) in [5.41, 5.74) is 1.24. The van der Waals surface area contributed by atoms with E-state index in [0.717, 1.165) is 32.0 Å². The lowest BCUT2D eigenvalue weighted by molar-refractivity contribution is -0.0702. The van der Waals surface area contributed by atoms with Crippen LogP contribution in [0.5, 0.6) is 0 Å². The molecule has 3 nitrogen and oxygen atoms in total. The lowest BCUT2D eigenvalue weighted by atomic mass is 9.97. The first-order valence-corrected chi connectivity index (χ1v) is 8.89. The van der Waals surface area contributed by atoms with Crippen molar-refractivity contribution in [1.82, 2.24) is 10.3 Å². The second kappa shape index (κ2) is 6.12. The number of aromatic nitrogens is 1. The summed E-state index contributed by atoms with van der Waals surface area (Å²) >= 11 is 1.89. The van der Waals surface area contributed by atoms with Crippen molar-refractivity contribution in [2.45, 2.75) is 70.4 Å². The van der Waals surface area contributed by atoms with Crippen LogP contribution in [-0.4, -0.2) is 18.1 Å². The largest absolute Gasteiger partial charge is 0.368 e. The molecule has 20 heavy (non-hydrogen) atoms. The van der Waals surface area contributed by atoms with E-state index in [4.69, 9.17) is 9.72 Å². The maximum absolute atomic E-state index is 6.07. The number of nitrogens with one attached hydrogen (secondary N) is 1. The Kier molecular flexibility index (Phi) is 4.43. The zero-order valence-corrected chi connectivity index (χ0v) is 13.5. The highest BCUT2D eigenvalue weighted by Crippen LogP contribution is 2.45. The Morgan fingerprint density at radius 2 is 2.25 bits per heavy atom. The molecular weight excluding hydrogens is 268 g/mol. The van der Waals surface area contributed by atoms with Gasteiger partial charge in [-0.05, 0) is 52.0 Å². The van der Waals surface area contributed by atoms with E-state index in [1.165, 1.54) is 47.7 Å². The van der Waals surface area contributed by atoms with Gasteiger partial charge >= 0.3 is 0 Å². The van der Waals surface area contributed by atoms with E-state index in [9.17, 15) is 0 Å². The summed E-state index contributed by atoms with van der Waals surface area (Å²) < 4.78 is 6.07. The van der Waals surface area contributed by atoms with Gasteiger partial charge in [-0.3, -0.25) is 0 Å². The number of ether oxygens (including phenoxy) is 1. The molecule has 2 heterocycles. The van der Waals surface area contributed by atoms with Gasteiger partial charge in [-0.1, -0.05) is 6.92 Å². The van der Waals surface area contributed by atoms with Gasteiger partial charge < -0.3 is 10.1 Å². The molecule has 0 amide bonds. The standard InChI is InChI=1S/C16H26N2OS/c1-3-9-17-11-13-14(12-6-7-12)18-15(20-13)16(2)8-4-5-10-19-16/h12,17H,3-11H2,1-2H3. The van der Waals surface area contributed by atoms with Crippen LogP contribution in [0.25, 0.3) is 0 Å². The fourth-order valence-electron chi connectivity index (χ4n) is 2.87. The van der Waals surface area contributed by atoms with Crippen LogP contribution in [0.2, 0.25) is 0 Å². The third kappa shape index (κ3) is 3.07. The Morgan fingerprint density at radius 1 is 1.40 bits per heavy atom.